The van der Waals surface area contributed by atoms with Crippen LogP contribution in [-0.4, -0.2) is 18.3 Å². The number of hydrogen-bond acceptors (Lipinski definition) is 5. The molecule has 0 aliphatic carbocycles. The van der Waals surface area contributed by atoms with Crippen LogP contribution in [0.1, 0.15) is 424 Å². The summed E-state index contributed by atoms with van der Waals surface area (Å²) in [5, 5.41) is 0. The third-order valence-corrected chi connectivity index (χ3v) is 21.6. The molecule has 0 fully saturated rings. The topological polar surface area (TPSA) is 44.8 Å². The van der Waals surface area contributed by atoms with Crippen LogP contribution < -0.4 is 9.05 Å². The van der Waals surface area contributed by atoms with E-state index >= 15 is 0 Å². The van der Waals surface area contributed by atoms with Crippen LogP contribution in [0.2, 0.25) is 0 Å². The molecule has 0 amide bonds. The van der Waals surface area contributed by atoms with E-state index in [-0.39, 0.29) is 5.97 Å². The van der Waals surface area contributed by atoms with Crippen molar-refractivity contribution in [1.29, 1.82) is 0 Å². The Kier molecular flexibility index (Phi) is 62.8. The molecule has 0 N–H and O–H groups in total. The van der Waals surface area contributed by atoms with Gasteiger partial charge in [-0.25, -0.2) is 0 Å². The molecule has 0 spiro atoms. The molecular formula is C81H147O4PS. The molecule has 4 nitrogen and oxygen atoms in total. The van der Waals surface area contributed by atoms with Gasteiger partial charge in [0.1, 0.15) is 11.5 Å². The molecule has 87 heavy (non-hydrogen) atoms. The summed E-state index contributed by atoms with van der Waals surface area (Å²) >= 11 is 1.88. The summed E-state index contributed by atoms with van der Waals surface area (Å²) in [5.41, 5.74) is 2.85. The summed E-state index contributed by atoms with van der Waals surface area (Å²) < 4.78 is 18.9. The van der Waals surface area contributed by atoms with E-state index < -0.39 is 7.58 Å². The maximum absolute atomic E-state index is 12.2. The Morgan fingerprint density at radius 3 is 0.793 bits per heavy atom. The van der Waals surface area contributed by atoms with Gasteiger partial charge in [0.05, 0.1) is 6.61 Å². The minimum atomic E-state index is -1.15. The summed E-state index contributed by atoms with van der Waals surface area (Å²) in [6.07, 6.45) is 85.2. The highest BCUT2D eigenvalue weighted by atomic mass is 32.7. The molecule has 0 bridgehead atoms. The molecule has 0 aliphatic heterocycles. The smallest absolute Gasteiger partial charge is 0.360 e. The van der Waals surface area contributed by atoms with Crippen molar-refractivity contribution in [2.24, 2.45) is 0 Å². The molecule has 0 radical (unpaired) electrons. The number of unbranched alkanes of at least 4 members (excludes halogenated alkanes) is 56. The molecule has 0 saturated carbocycles. The predicted octanol–water partition coefficient (Wildman–Crippen LogP) is 29.6. The third-order valence-electron chi connectivity index (χ3n) is 18.6. The maximum Gasteiger partial charge on any atom is 0.360 e. The first-order valence-electron chi connectivity index (χ1n) is 39.3. The number of carbonyl (C=O) groups excluding carboxylic acids is 1. The maximum atomic E-state index is 12.2. The van der Waals surface area contributed by atoms with Gasteiger partial charge in [0.2, 0.25) is 0 Å². The number of ether oxygens (including phenoxy) is 1. The Bertz CT molecular complexity index is 1570. The van der Waals surface area contributed by atoms with Gasteiger partial charge in [-0.1, -0.05) is 398 Å². The van der Waals surface area contributed by atoms with E-state index in [4.69, 9.17) is 13.8 Å². The van der Waals surface area contributed by atoms with Gasteiger partial charge in [-0.2, -0.15) is 0 Å². The van der Waals surface area contributed by atoms with Gasteiger partial charge in [0.15, 0.2) is 0 Å². The second-order valence-corrected chi connectivity index (χ2v) is 30.3. The van der Waals surface area contributed by atoms with E-state index in [1.807, 2.05) is 11.4 Å². The van der Waals surface area contributed by atoms with E-state index in [1.54, 1.807) is 0 Å². The zero-order valence-corrected chi connectivity index (χ0v) is 60.3. The van der Waals surface area contributed by atoms with Crippen LogP contribution in [0.25, 0.3) is 0 Å². The average Bonchev–Trinajstić information content (AvgIpc) is 3.63. The number of esters is 1. The molecule has 0 saturated heterocycles. The fourth-order valence-electron chi connectivity index (χ4n) is 12.6. The van der Waals surface area contributed by atoms with Gasteiger partial charge in [0, 0.05) is 12.2 Å². The van der Waals surface area contributed by atoms with Crippen molar-refractivity contribution in [2.45, 2.75) is 425 Å². The first kappa shape index (κ1) is 81.4. The van der Waals surface area contributed by atoms with Crippen molar-refractivity contribution in [1.82, 2.24) is 0 Å². The highest BCUT2D eigenvalue weighted by molar-refractivity contribution is 8.53. The lowest BCUT2D eigenvalue weighted by molar-refractivity contribution is -0.143. The summed E-state index contributed by atoms with van der Waals surface area (Å²) in [4.78, 5) is 12.2. The van der Waals surface area contributed by atoms with Crippen LogP contribution in [0.4, 0.5) is 0 Å². The largest absolute Gasteiger partial charge is 0.466 e. The lowest BCUT2D eigenvalue weighted by Crippen LogP contribution is -2.05. The molecule has 0 atom stereocenters. The van der Waals surface area contributed by atoms with Crippen LogP contribution >= 0.6 is 19.0 Å². The zero-order valence-electron chi connectivity index (χ0n) is 58.6. The van der Waals surface area contributed by atoms with E-state index in [0.29, 0.717) is 13.0 Å². The van der Waals surface area contributed by atoms with Crippen LogP contribution in [-0.2, 0) is 22.4 Å². The second-order valence-electron chi connectivity index (χ2n) is 27.2. The van der Waals surface area contributed by atoms with Crippen molar-refractivity contribution >= 4 is 24.9 Å². The number of benzene rings is 2. The first-order valence-corrected chi connectivity index (χ1v) is 42.0. The molecule has 0 aromatic heterocycles. The Labute approximate surface area is 549 Å². The molecule has 506 valence electrons. The monoisotopic (exact) mass is 1250 g/mol. The summed E-state index contributed by atoms with van der Waals surface area (Å²) in [6, 6.07) is 17.9. The van der Waals surface area contributed by atoms with Crippen LogP contribution in [0.3, 0.4) is 0 Å². The summed E-state index contributed by atoms with van der Waals surface area (Å²) in [6.45, 7) is 7.53. The van der Waals surface area contributed by atoms with Gasteiger partial charge in [-0.3, -0.25) is 4.79 Å². The highest BCUT2D eigenvalue weighted by Gasteiger charge is 2.17. The normalized spacial score (nSPS) is 11.6. The molecule has 0 heterocycles. The van der Waals surface area contributed by atoms with Crippen molar-refractivity contribution in [3.63, 3.8) is 0 Å². The molecular weight excluding hydrogens is 1100 g/mol. The quantitative estimate of drug-likeness (QED) is 0.0375. The molecule has 0 aliphatic rings. The number of rotatable bonds is 71. The minimum absolute atomic E-state index is 0.0219. The average molecular weight is 1250 g/mol. The molecule has 0 unspecified atom stereocenters. The second kappa shape index (κ2) is 67.2. The van der Waals surface area contributed by atoms with Gasteiger partial charge >= 0.3 is 13.5 Å². The van der Waals surface area contributed by atoms with Gasteiger partial charge in [0.25, 0.3) is 0 Å². The lowest BCUT2D eigenvalue weighted by Gasteiger charge is -2.18. The van der Waals surface area contributed by atoms with Gasteiger partial charge in [-0.15, -0.1) is 0 Å². The molecule has 6 heteroatoms. The van der Waals surface area contributed by atoms with Crippen molar-refractivity contribution < 1.29 is 18.6 Å². The van der Waals surface area contributed by atoms with Crippen molar-refractivity contribution in [2.75, 3.05) is 12.4 Å². The van der Waals surface area contributed by atoms with E-state index in [9.17, 15) is 4.79 Å². The zero-order chi connectivity index (χ0) is 61.9. The van der Waals surface area contributed by atoms with E-state index in [1.165, 1.54) is 377 Å². The Hall–Kier alpha value is -1.71. The van der Waals surface area contributed by atoms with Gasteiger partial charge < -0.3 is 13.8 Å². The predicted molar refractivity (Wildman–Crippen MR) is 391 cm³/mol. The first-order chi connectivity index (χ1) is 43.1. The summed E-state index contributed by atoms with van der Waals surface area (Å²) in [5.74, 6) is 2.97. The Morgan fingerprint density at radius 1 is 0.287 bits per heavy atom. The fourth-order valence-corrected chi connectivity index (χ4v) is 15.5. The highest BCUT2D eigenvalue weighted by Crippen LogP contribution is 2.52. The van der Waals surface area contributed by atoms with Gasteiger partial charge in [-0.05, 0) is 91.7 Å². The molecule has 2 aromatic carbocycles. The SMILES string of the molecule is CCCCCCCCCCCCCCCCCOC(=O)CCCCCCCCCCCCCCCCCSP(Oc1ccc(CCCCCCCCCCCCCCCCC)cc1)Oc1ccc(CCCCCCCCCCCCCCCCC)cc1. The van der Waals surface area contributed by atoms with E-state index in [2.05, 4.69) is 69.3 Å². The Balaban J connectivity index is 1.55. The third kappa shape index (κ3) is 57.9. The molecule has 2 aromatic rings. The lowest BCUT2D eigenvalue weighted by atomic mass is 10.0. The van der Waals surface area contributed by atoms with E-state index in [0.717, 1.165) is 49.4 Å². The van der Waals surface area contributed by atoms with Crippen molar-refractivity contribution in [3.8, 4) is 11.5 Å². The van der Waals surface area contributed by atoms with Crippen LogP contribution in [0.15, 0.2) is 48.5 Å². The fraction of sp³-hybridized carbons (Fsp3) is 0.840. The van der Waals surface area contributed by atoms with Crippen LogP contribution in [0.5, 0.6) is 11.5 Å². The number of aryl methyl sites for hydroxylation is 2. The number of carbonyl (C=O) groups is 1. The standard InChI is InChI=1S/C81H147O4PS/c1-4-7-10-13-16-19-22-25-29-34-39-44-49-54-59-64-77-67-71-79(72-68-77)84-86(85-80-73-69-78(70-74-80)65-60-55-50-45-40-35-30-26-23-20-17-14-11-8-5-2)87-76-63-58-53-48-43-38-33-28-31-36-41-46-51-56-61-66-81(82)83-75-62-57-52-47-42-37-32-27-24-21-18-15-12-9-6-3/h67-74H,4-66,75-76H2,1-3H3. The molecule has 2 rings (SSSR count). The summed E-state index contributed by atoms with van der Waals surface area (Å²) in [7, 11) is -1.15. The minimum Gasteiger partial charge on any atom is -0.466 e. The van der Waals surface area contributed by atoms with Crippen molar-refractivity contribution in [3.05, 3.63) is 59.7 Å². The Morgan fingerprint density at radius 2 is 0.517 bits per heavy atom. The van der Waals surface area contributed by atoms with Crippen LogP contribution in [0, 0.1) is 0 Å². The number of hydrogen-bond donors (Lipinski definition) is 0.